The Morgan fingerprint density at radius 3 is 2.59 bits per heavy atom. The maximum Gasteiger partial charge on any atom is 0.328 e. The second kappa shape index (κ2) is 9.51. The van der Waals surface area contributed by atoms with E-state index >= 15 is 0 Å². The van der Waals surface area contributed by atoms with Crippen molar-refractivity contribution < 1.29 is 24.9 Å². The lowest BCUT2D eigenvalue weighted by molar-refractivity contribution is -0.131. The van der Waals surface area contributed by atoms with Gasteiger partial charge in [0.25, 0.3) is 5.91 Å². The lowest BCUT2D eigenvalue weighted by Crippen LogP contribution is -2.48. The number of azide groups is 1. The van der Waals surface area contributed by atoms with E-state index in [0.29, 0.717) is 23.3 Å². The number of phenols is 1. The van der Waals surface area contributed by atoms with Gasteiger partial charge in [0.05, 0.1) is 11.4 Å². The van der Waals surface area contributed by atoms with Crippen molar-refractivity contribution in [3.05, 3.63) is 69.7 Å². The molecule has 0 saturated carbocycles. The number of hydrogen-bond donors (Lipinski definition) is 4. The van der Waals surface area contributed by atoms with Crippen molar-refractivity contribution in [2.24, 2.45) is 15.6 Å². The SMILES string of the molecule is CC1=C/C(=N\NC(=O)c2ccc(O)c(N=[N+]=[N-])c2)CC(C)(C)[C@@]1(O)/C=C/C(C)=C\C(=O)O. The molecular formula is C22H25N5O5. The summed E-state index contributed by atoms with van der Waals surface area (Å²) >= 11 is 0. The van der Waals surface area contributed by atoms with Crippen LogP contribution in [0.4, 0.5) is 5.69 Å². The van der Waals surface area contributed by atoms with Gasteiger partial charge in [-0.2, -0.15) is 5.10 Å². The molecule has 4 N–H and O–H groups in total. The fraction of sp³-hybridized carbons (Fsp3) is 0.318. The molecule has 10 heteroatoms. The number of nitrogens with zero attached hydrogens (tertiary/aromatic N) is 4. The average Bonchev–Trinajstić information content (AvgIpc) is 2.70. The Morgan fingerprint density at radius 2 is 2.00 bits per heavy atom. The molecule has 1 aliphatic rings. The summed E-state index contributed by atoms with van der Waals surface area (Å²) in [6.45, 7) is 7.04. The maximum absolute atomic E-state index is 12.4. The Balaban J connectivity index is 2.27. The number of hydrazone groups is 1. The predicted octanol–water partition coefficient (Wildman–Crippen LogP) is 4.11. The van der Waals surface area contributed by atoms with Crippen molar-refractivity contribution >= 4 is 23.3 Å². The number of hydrogen-bond acceptors (Lipinski definition) is 6. The summed E-state index contributed by atoms with van der Waals surface area (Å²) in [5.74, 6) is -1.88. The van der Waals surface area contributed by atoms with E-state index < -0.39 is 22.9 Å². The van der Waals surface area contributed by atoms with E-state index in [2.05, 4.69) is 20.6 Å². The van der Waals surface area contributed by atoms with Crippen LogP contribution in [0.5, 0.6) is 5.75 Å². The molecule has 32 heavy (non-hydrogen) atoms. The molecule has 0 radical (unpaired) electrons. The first kappa shape index (κ1) is 24.4. The summed E-state index contributed by atoms with van der Waals surface area (Å²) in [5, 5.41) is 37.3. The smallest absolute Gasteiger partial charge is 0.328 e. The van der Waals surface area contributed by atoms with Gasteiger partial charge in [0, 0.05) is 22.0 Å². The second-order valence-corrected chi connectivity index (χ2v) is 8.15. The van der Waals surface area contributed by atoms with Crippen LogP contribution in [0, 0.1) is 5.41 Å². The van der Waals surface area contributed by atoms with Gasteiger partial charge in [-0.25, -0.2) is 10.2 Å². The Morgan fingerprint density at radius 1 is 1.31 bits per heavy atom. The van der Waals surface area contributed by atoms with Crippen molar-refractivity contribution in [1.29, 1.82) is 0 Å². The van der Waals surface area contributed by atoms with Crippen molar-refractivity contribution in [3.63, 3.8) is 0 Å². The number of carbonyl (C=O) groups is 2. The lowest BCUT2D eigenvalue weighted by atomic mass is 9.64. The number of rotatable bonds is 6. The van der Waals surface area contributed by atoms with Crippen molar-refractivity contribution in [2.75, 3.05) is 0 Å². The number of phenolic OH excluding ortho intramolecular Hbond substituents is 1. The Kier molecular flexibility index (Phi) is 7.24. The highest BCUT2D eigenvalue weighted by atomic mass is 16.4. The van der Waals surface area contributed by atoms with Crippen LogP contribution >= 0.6 is 0 Å². The summed E-state index contributed by atoms with van der Waals surface area (Å²) in [6.07, 6.45) is 6.16. The second-order valence-electron chi connectivity index (χ2n) is 8.15. The van der Waals surface area contributed by atoms with Gasteiger partial charge in [-0.3, -0.25) is 4.79 Å². The Hall–Kier alpha value is -3.88. The van der Waals surface area contributed by atoms with Gasteiger partial charge in [0.1, 0.15) is 11.4 Å². The molecule has 1 atom stereocenters. The number of aromatic hydroxyl groups is 1. The van der Waals surface area contributed by atoms with E-state index in [-0.39, 0.29) is 17.0 Å². The lowest BCUT2D eigenvalue weighted by Gasteiger charge is -2.44. The fourth-order valence-corrected chi connectivity index (χ4v) is 3.44. The van der Waals surface area contributed by atoms with Crippen molar-refractivity contribution in [2.45, 2.75) is 39.7 Å². The van der Waals surface area contributed by atoms with Crippen molar-refractivity contribution in [1.82, 2.24) is 5.43 Å². The fourth-order valence-electron chi connectivity index (χ4n) is 3.44. The Bertz CT molecular complexity index is 1110. The van der Waals surface area contributed by atoms with Gasteiger partial charge in [-0.05, 0) is 67.3 Å². The van der Waals surface area contributed by atoms with Gasteiger partial charge >= 0.3 is 5.97 Å². The standard InChI is InChI=1S/C22H25N5O5/c1-13(9-19(29)30)7-8-22(32)14(2)10-16(12-21(22,3)4)24-26-20(31)15-5-6-18(28)17(11-15)25-27-23/h5-11,28,32H,12H2,1-4H3,(H,26,31)(H,29,30)/b8-7+,13-9-,24-16+/t22-/m1/s1. The molecule has 2 rings (SSSR count). The summed E-state index contributed by atoms with van der Waals surface area (Å²) < 4.78 is 0. The average molecular weight is 439 g/mol. The first-order chi connectivity index (χ1) is 14.9. The number of carbonyl (C=O) groups excluding carboxylic acids is 1. The molecule has 0 fully saturated rings. The molecule has 0 aromatic heterocycles. The van der Waals surface area contributed by atoms with Crippen LogP contribution in [0.25, 0.3) is 10.4 Å². The summed E-state index contributed by atoms with van der Waals surface area (Å²) in [4.78, 5) is 25.8. The minimum atomic E-state index is -1.34. The van der Waals surface area contributed by atoms with Gasteiger partial charge in [-0.1, -0.05) is 25.0 Å². The van der Waals surface area contributed by atoms with E-state index in [9.17, 15) is 19.8 Å². The van der Waals surface area contributed by atoms with Crippen LogP contribution in [-0.2, 0) is 4.79 Å². The molecule has 0 spiro atoms. The molecule has 0 bridgehead atoms. The summed E-state index contributed by atoms with van der Waals surface area (Å²) in [6, 6.07) is 3.85. The van der Waals surface area contributed by atoms with E-state index in [1.807, 2.05) is 13.8 Å². The molecule has 0 heterocycles. The number of carboxylic acids is 1. The largest absolute Gasteiger partial charge is 0.507 e. The Labute approximate surface area is 184 Å². The molecule has 0 aliphatic heterocycles. The number of carboxylic acid groups (broad SMARTS) is 1. The predicted molar refractivity (Wildman–Crippen MR) is 119 cm³/mol. The minimum Gasteiger partial charge on any atom is -0.507 e. The van der Waals surface area contributed by atoms with Crippen LogP contribution in [0.2, 0.25) is 0 Å². The number of nitrogens with one attached hydrogen (secondary N) is 1. The molecule has 1 aromatic carbocycles. The van der Waals surface area contributed by atoms with Crippen LogP contribution in [0.3, 0.4) is 0 Å². The van der Waals surface area contributed by atoms with Crippen LogP contribution in [0.1, 0.15) is 44.5 Å². The van der Waals surface area contributed by atoms with Gasteiger partial charge < -0.3 is 15.3 Å². The van der Waals surface area contributed by atoms with Gasteiger partial charge in [-0.15, -0.1) is 0 Å². The van der Waals surface area contributed by atoms with Crippen molar-refractivity contribution in [3.8, 4) is 5.75 Å². The maximum atomic E-state index is 12.4. The van der Waals surface area contributed by atoms with E-state index in [1.54, 1.807) is 32.1 Å². The zero-order valence-corrected chi connectivity index (χ0v) is 18.2. The molecule has 1 aromatic rings. The molecule has 1 amide bonds. The quantitative estimate of drug-likeness (QED) is 0.130. The zero-order valence-electron chi connectivity index (χ0n) is 18.2. The minimum absolute atomic E-state index is 0.0774. The first-order valence-electron chi connectivity index (χ1n) is 9.66. The normalized spacial score (nSPS) is 21.7. The molecular weight excluding hydrogens is 414 g/mol. The number of allylic oxidation sites excluding steroid dienone is 3. The van der Waals surface area contributed by atoms with Gasteiger partial charge in [0.15, 0.2) is 0 Å². The topological polar surface area (TPSA) is 168 Å². The molecule has 0 saturated heterocycles. The highest BCUT2D eigenvalue weighted by molar-refractivity contribution is 6.00. The molecule has 1 aliphatic carbocycles. The summed E-state index contributed by atoms with van der Waals surface area (Å²) in [5.41, 5.74) is 10.6. The third-order valence-corrected chi connectivity index (χ3v) is 5.27. The molecule has 0 unspecified atom stereocenters. The molecule has 10 nitrogen and oxygen atoms in total. The van der Waals surface area contributed by atoms with Crippen LogP contribution < -0.4 is 5.43 Å². The monoisotopic (exact) mass is 439 g/mol. The number of aliphatic carboxylic acids is 1. The third-order valence-electron chi connectivity index (χ3n) is 5.27. The first-order valence-corrected chi connectivity index (χ1v) is 9.66. The number of amides is 1. The van der Waals surface area contributed by atoms with Crippen LogP contribution in [0.15, 0.2) is 63.9 Å². The summed E-state index contributed by atoms with van der Waals surface area (Å²) in [7, 11) is 0. The van der Waals surface area contributed by atoms with E-state index in [0.717, 1.165) is 6.08 Å². The number of aliphatic hydroxyl groups is 1. The van der Waals surface area contributed by atoms with E-state index in [1.165, 1.54) is 18.2 Å². The van der Waals surface area contributed by atoms with E-state index in [4.69, 9.17) is 10.6 Å². The molecule has 168 valence electrons. The van der Waals surface area contributed by atoms with Crippen LogP contribution in [-0.4, -0.2) is 38.5 Å². The van der Waals surface area contributed by atoms with Gasteiger partial charge in [0.2, 0.25) is 0 Å². The third kappa shape index (κ3) is 5.42. The highest BCUT2D eigenvalue weighted by Gasteiger charge is 2.46. The highest BCUT2D eigenvalue weighted by Crippen LogP contribution is 2.44. The zero-order chi connectivity index (χ0) is 24.1. The number of benzene rings is 1.